The lowest BCUT2D eigenvalue weighted by Crippen LogP contribution is -2.36. The van der Waals surface area contributed by atoms with Gasteiger partial charge in [0.05, 0.1) is 5.57 Å². The number of nitrogens with one attached hydrogen (secondary N) is 1. The van der Waals surface area contributed by atoms with Gasteiger partial charge in [0.15, 0.2) is 5.43 Å². The van der Waals surface area contributed by atoms with E-state index in [1.165, 1.54) is 18.4 Å². The zero-order valence-corrected chi connectivity index (χ0v) is 11.8. The minimum absolute atomic E-state index is 0.125. The van der Waals surface area contributed by atoms with Crippen LogP contribution in [-0.4, -0.2) is 17.6 Å². The van der Waals surface area contributed by atoms with Crippen LogP contribution in [0.5, 0.6) is 11.5 Å². The molecule has 2 aliphatic rings. The van der Waals surface area contributed by atoms with Gasteiger partial charge in [-0.15, -0.1) is 0 Å². The van der Waals surface area contributed by atoms with E-state index in [1.807, 2.05) is 0 Å². The smallest absolute Gasteiger partial charge is 0.250 e. The fourth-order valence-corrected chi connectivity index (χ4v) is 3.16. The molecule has 0 saturated carbocycles. The number of hydrogen-bond donors (Lipinski definition) is 2. The SMILES string of the molecule is Cc1cc(=O)c2c(O)cc3c(c2o1)[C@@H]1CCNC(=O)C1=CO3. The number of phenolic OH excluding ortho intramolecular Hbond substituents is 1. The Kier molecular flexibility index (Phi) is 2.57. The Morgan fingerprint density at radius 1 is 1.32 bits per heavy atom. The average molecular weight is 299 g/mol. The number of hydrogen-bond acceptors (Lipinski definition) is 5. The molecule has 112 valence electrons. The van der Waals surface area contributed by atoms with Crippen molar-refractivity contribution in [1.29, 1.82) is 0 Å². The normalized spacial score (nSPS) is 19.8. The molecule has 1 fully saturated rings. The number of aromatic hydroxyl groups is 1. The minimum atomic E-state index is -0.310. The van der Waals surface area contributed by atoms with Gasteiger partial charge in [-0.25, -0.2) is 0 Å². The molecule has 0 bridgehead atoms. The number of amides is 1. The largest absolute Gasteiger partial charge is 0.507 e. The highest BCUT2D eigenvalue weighted by Gasteiger charge is 2.35. The number of benzene rings is 1. The van der Waals surface area contributed by atoms with Crippen molar-refractivity contribution < 1.29 is 19.1 Å². The van der Waals surface area contributed by atoms with Gasteiger partial charge in [-0.05, 0) is 13.3 Å². The van der Waals surface area contributed by atoms with E-state index in [-0.39, 0.29) is 28.4 Å². The number of carbonyl (C=O) groups excluding carboxylic acids is 1. The van der Waals surface area contributed by atoms with Crippen LogP contribution in [0, 0.1) is 6.92 Å². The van der Waals surface area contributed by atoms with Gasteiger partial charge < -0.3 is 19.6 Å². The van der Waals surface area contributed by atoms with Crippen molar-refractivity contribution in [1.82, 2.24) is 5.32 Å². The molecule has 0 spiro atoms. The molecule has 1 aromatic heterocycles. The molecule has 0 unspecified atom stereocenters. The molecule has 6 nitrogen and oxygen atoms in total. The van der Waals surface area contributed by atoms with Crippen molar-refractivity contribution in [2.24, 2.45) is 0 Å². The monoisotopic (exact) mass is 299 g/mol. The summed E-state index contributed by atoms with van der Waals surface area (Å²) in [5.74, 6) is 0.298. The van der Waals surface area contributed by atoms with Gasteiger partial charge in [-0.1, -0.05) is 0 Å². The third kappa shape index (κ3) is 1.67. The number of aryl methyl sites for hydroxylation is 1. The highest BCUT2D eigenvalue weighted by molar-refractivity contribution is 5.98. The lowest BCUT2D eigenvalue weighted by atomic mass is 9.83. The van der Waals surface area contributed by atoms with Gasteiger partial charge in [0.2, 0.25) is 0 Å². The number of ether oxygens (including phenoxy) is 1. The molecule has 1 saturated heterocycles. The first-order chi connectivity index (χ1) is 10.6. The maximum atomic E-state index is 12.2. The molecule has 2 aliphatic heterocycles. The maximum Gasteiger partial charge on any atom is 0.250 e. The second-order valence-corrected chi connectivity index (χ2v) is 5.52. The Bertz CT molecular complexity index is 909. The minimum Gasteiger partial charge on any atom is -0.507 e. The van der Waals surface area contributed by atoms with Crippen molar-refractivity contribution in [3.63, 3.8) is 0 Å². The molecule has 1 amide bonds. The van der Waals surface area contributed by atoms with Crippen molar-refractivity contribution in [3.05, 3.63) is 45.5 Å². The van der Waals surface area contributed by atoms with Crippen LogP contribution >= 0.6 is 0 Å². The third-order valence-corrected chi connectivity index (χ3v) is 4.12. The number of carbonyl (C=O) groups is 1. The molecule has 1 atom stereocenters. The van der Waals surface area contributed by atoms with Gasteiger partial charge in [-0.3, -0.25) is 9.59 Å². The van der Waals surface area contributed by atoms with Crippen molar-refractivity contribution in [2.75, 3.05) is 6.54 Å². The summed E-state index contributed by atoms with van der Waals surface area (Å²) in [4.78, 5) is 24.1. The topological polar surface area (TPSA) is 88.8 Å². The number of fused-ring (bicyclic) bond motifs is 5. The highest BCUT2D eigenvalue weighted by atomic mass is 16.5. The predicted molar refractivity (Wildman–Crippen MR) is 78.0 cm³/mol. The number of piperidine rings is 1. The van der Waals surface area contributed by atoms with E-state index in [1.54, 1.807) is 6.92 Å². The van der Waals surface area contributed by atoms with Gasteiger partial charge in [0, 0.05) is 30.2 Å². The lowest BCUT2D eigenvalue weighted by Gasteiger charge is -2.30. The summed E-state index contributed by atoms with van der Waals surface area (Å²) in [6, 6.07) is 2.74. The highest BCUT2D eigenvalue weighted by Crippen LogP contribution is 2.45. The van der Waals surface area contributed by atoms with Gasteiger partial charge in [0.25, 0.3) is 5.91 Å². The summed E-state index contributed by atoms with van der Waals surface area (Å²) >= 11 is 0. The average Bonchev–Trinajstić information content (AvgIpc) is 2.46. The molecular formula is C16H13NO5. The van der Waals surface area contributed by atoms with Gasteiger partial charge >= 0.3 is 0 Å². The molecular weight excluding hydrogens is 286 g/mol. The summed E-state index contributed by atoms with van der Waals surface area (Å²) < 4.78 is 11.2. The Hall–Kier alpha value is -2.76. The van der Waals surface area contributed by atoms with Crippen LogP contribution < -0.4 is 15.5 Å². The Labute approximate surface area is 125 Å². The van der Waals surface area contributed by atoms with Crippen LogP contribution in [0.25, 0.3) is 11.0 Å². The molecule has 0 aliphatic carbocycles. The van der Waals surface area contributed by atoms with Crippen LogP contribution in [0.1, 0.15) is 23.7 Å². The summed E-state index contributed by atoms with van der Waals surface area (Å²) in [6.07, 6.45) is 2.09. The van der Waals surface area contributed by atoms with E-state index in [0.29, 0.717) is 41.2 Å². The van der Waals surface area contributed by atoms with E-state index in [9.17, 15) is 14.7 Å². The second-order valence-electron chi connectivity index (χ2n) is 5.52. The van der Waals surface area contributed by atoms with Crippen LogP contribution in [0.4, 0.5) is 0 Å². The molecule has 2 aromatic rings. The molecule has 6 heteroatoms. The molecule has 22 heavy (non-hydrogen) atoms. The first kappa shape index (κ1) is 12.9. The molecule has 1 aromatic carbocycles. The third-order valence-electron chi connectivity index (χ3n) is 4.12. The summed E-state index contributed by atoms with van der Waals surface area (Å²) in [6.45, 7) is 2.21. The lowest BCUT2D eigenvalue weighted by molar-refractivity contribution is -0.118. The van der Waals surface area contributed by atoms with Crippen LogP contribution in [-0.2, 0) is 4.79 Å². The predicted octanol–water partition coefficient (Wildman–Crippen LogP) is 1.69. The van der Waals surface area contributed by atoms with Crippen molar-refractivity contribution in [3.8, 4) is 11.5 Å². The van der Waals surface area contributed by atoms with Crippen LogP contribution in [0.3, 0.4) is 0 Å². The quantitative estimate of drug-likeness (QED) is 0.772. The molecule has 3 heterocycles. The molecule has 2 N–H and O–H groups in total. The van der Waals surface area contributed by atoms with Crippen molar-refractivity contribution in [2.45, 2.75) is 19.3 Å². The molecule has 4 rings (SSSR count). The van der Waals surface area contributed by atoms with Gasteiger partial charge in [-0.2, -0.15) is 0 Å². The fourth-order valence-electron chi connectivity index (χ4n) is 3.16. The van der Waals surface area contributed by atoms with E-state index >= 15 is 0 Å². The zero-order chi connectivity index (χ0) is 15.4. The van der Waals surface area contributed by atoms with E-state index in [0.717, 1.165) is 0 Å². The summed E-state index contributed by atoms with van der Waals surface area (Å²) in [7, 11) is 0. The van der Waals surface area contributed by atoms with E-state index in [2.05, 4.69) is 5.32 Å². The fraction of sp³-hybridized carbons (Fsp3) is 0.250. The number of phenols is 1. The van der Waals surface area contributed by atoms with Crippen molar-refractivity contribution >= 4 is 16.9 Å². The molecule has 0 radical (unpaired) electrons. The Balaban J connectivity index is 2.08. The van der Waals surface area contributed by atoms with E-state index < -0.39 is 0 Å². The Morgan fingerprint density at radius 2 is 2.14 bits per heavy atom. The number of rotatable bonds is 0. The first-order valence-corrected chi connectivity index (χ1v) is 7.01. The maximum absolute atomic E-state index is 12.2. The standard InChI is InChI=1S/C16H13NO5/c1-7-4-10(18)14-11(19)5-12-13(15(14)22-7)8-2-3-17-16(20)9(8)6-21-12/h4-6,8,19H,2-3H2,1H3,(H,17,20)/t8-/m1/s1. The second kappa shape index (κ2) is 4.37. The summed E-state index contributed by atoms with van der Waals surface area (Å²) in [5.41, 5.74) is 1.15. The zero-order valence-electron chi connectivity index (χ0n) is 11.8. The van der Waals surface area contributed by atoms with Crippen LogP contribution in [0.2, 0.25) is 0 Å². The Morgan fingerprint density at radius 3 is 2.95 bits per heavy atom. The van der Waals surface area contributed by atoms with Crippen LogP contribution in [0.15, 0.2) is 33.2 Å². The first-order valence-electron chi connectivity index (χ1n) is 7.01. The van der Waals surface area contributed by atoms with E-state index in [4.69, 9.17) is 9.15 Å². The van der Waals surface area contributed by atoms with Gasteiger partial charge in [0.1, 0.15) is 34.5 Å². The summed E-state index contributed by atoms with van der Waals surface area (Å²) in [5, 5.41) is 13.0.